The van der Waals surface area contributed by atoms with Crippen LogP contribution in [0.3, 0.4) is 0 Å². The first-order chi connectivity index (χ1) is 14.0. The summed E-state index contributed by atoms with van der Waals surface area (Å²) in [5, 5.41) is 5.06. The lowest BCUT2D eigenvalue weighted by atomic mass is 10.2. The van der Waals surface area contributed by atoms with Crippen LogP contribution in [0, 0.1) is 0 Å². The fourth-order valence-corrected chi connectivity index (χ4v) is 3.79. The predicted octanol–water partition coefficient (Wildman–Crippen LogP) is 4.56. The van der Waals surface area contributed by atoms with E-state index in [-0.39, 0.29) is 16.6 Å². The number of nitrogens with one attached hydrogen (secondary N) is 1. The first-order valence-corrected chi connectivity index (χ1v) is 9.64. The van der Waals surface area contributed by atoms with E-state index in [4.69, 9.17) is 0 Å². The zero-order valence-corrected chi connectivity index (χ0v) is 16.1. The summed E-state index contributed by atoms with van der Waals surface area (Å²) in [6, 6.07) is 15.8. The normalized spacial score (nSPS) is 12.4. The molecule has 4 aromatic rings. The highest BCUT2D eigenvalue weighted by Gasteiger charge is 2.15. The average molecular weight is 414 g/mol. The van der Waals surface area contributed by atoms with Gasteiger partial charge in [-0.05, 0) is 36.8 Å². The lowest BCUT2D eigenvalue weighted by Crippen LogP contribution is -2.10. The van der Waals surface area contributed by atoms with Crippen molar-refractivity contribution in [2.75, 3.05) is 0 Å². The van der Waals surface area contributed by atoms with Crippen molar-refractivity contribution in [3.05, 3.63) is 76.7 Å². The lowest BCUT2D eigenvalue weighted by molar-refractivity contribution is -0.0498. The molecule has 29 heavy (non-hydrogen) atoms. The molecule has 0 bridgehead atoms. The molecule has 0 aliphatic carbocycles. The molecule has 1 unspecified atom stereocenters. The fourth-order valence-electron chi connectivity index (χ4n) is 2.87. The molecule has 0 aliphatic heterocycles. The van der Waals surface area contributed by atoms with Crippen LogP contribution < -0.4 is 10.3 Å². The van der Waals surface area contributed by atoms with Crippen molar-refractivity contribution in [3.8, 4) is 11.4 Å². The second-order valence-electron chi connectivity index (χ2n) is 6.21. The molecular weight excluding hydrogens is 398 g/mol. The van der Waals surface area contributed by atoms with Crippen molar-refractivity contribution in [2.45, 2.75) is 23.9 Å². The Hall–Kier alpha value is -3.20. The largest absolute Gasteiger partial charge is 0.435 e. The van der Waals surface area contributed by atoms with Crippen LogP contribution in [-0.4, -0.2) is 26.4 Å². The highest BCUT2D eigenvalue weighted by molar-refractivity contribution is 7.99. The van der Waals surface area contributed by atoms with E-state index in [1.165, 1.54) is 30.1 Å². The Morgan fingerprint density at radius 3 is 2.52 bits per heavy atom. The molecule has 0 fully saturated rings. The van der Waals surface area contributed by atoms with Gasteiger partial charge < -0.3 is 9.72 Å². The maximum atomic E-state index is 12.5. The number of nitrogens with zero attached hydrogens (tertiary/aromatic N) is 3. The van der Waals surface area contributed by atoms with E-state index in [2.05, 4.69) is 19.8 Å². The molecule has 2 aromatic carbocycles. The number of hydrogen-bond acceptors (Lipinski definition) is 5. The van der Waals surface area contributed by atoms with Gasteiger partial charge in [-0.3, -0.25) is 4.79 Å². The molecule has 9 heteroatoms. The number of rotatable bonds is 6. The molecule has 1 N–H and O–H groups in total. The van der Waals surface area contributed by atoms with Crippen LogP contribution in [0.1, 0.15) is 17.7 Å². The first kappa shape index (κ1) is 19.1. The maximum absolute atomic E-state index is 12.5. The molecule has 2 heterocycles. The van der Waals surface area contributed by atoms with Gasteiger partial charge in [0.15, 0.2) is 10.8 Å². The van der Waals surface area contributed by atoms with E-state index in [1.54, 1.807) is 16.8 Å². The number of H-pyrrole nitrogens is 1. The fraction of sp³-hybridized carbons (Fsp3) is 0.150. The second kappa shape index (κ2) is 8.04. The number of aromatic amines is 1. The summed E-state index contributed by atoms with van der Waals surface area (Å²) in [4.78, 5) is 19.8. The Morgan fingerprint density at radius 1 is 1.10 bits per heavy atom. The van der Waals surface area contributed by atoms with Crippen molar-refractivity contribution >= 4 is 22.8 Å². The van der Waals surface area contributed by atoms with Crippen LogP contribution >= 0.6 is 11.8 Å². The molecule has 1 atom stereocenters. The number of fused-ring (bicyclic) bond motifs is 1. The molecule has 0 saturated heterocycles. The van der Waals surface area contributed by atoms with Gasteiger partial charge in [0.25, 0.3) is 5.56 Å². The molecule has 0 saturated carbocycles. The monoisotopic (exact) mass is 414 g/mol. The van der Waals surface area contributed by atoms with Crippen molar-refractivity contribution in [2.24, 2.45) is 0 Å². The third kappa shape index (κ3) is 4.14. The SMILES string of the molecule is CC(Sc1nc2c(cnn2-c2ccccc2)c(=O)[nH]1)c1ccc(OC(F)F)cc1. The van der Waals surface area contributed by atoms with E-state index < -0.39 is 6.61 Å². The predicted molar refractivity (Wildman–Crippen MR) is 107 cm³/mol. The average Bonchev–Trinajstić information content (AvgIpc) is 3.13. The van der Waals surface area contributed by atoms with Crippen molar-refractivity contribution in [1.29, 1.82) is 0 Å². The molecule has 0 aliphatic rings. The van der Waals surface area contributed by atoms with E-state index in [0.29, 0.717) is 16.2 Å². The summed E-state index contributed by atoms with van der Waals surface area (Å²) in [5.74, 6) is 0.0978. The summed E-state index contributed by atoms with van der Waals surface area (Å²) in [6.45, 7) is -0.921. The minimum atomic E-state index is -2.86. The molecule has 4 rings (SSSR count). The first-order valence-electron chi connectivity index (χ1n) is 8.76. The molecule has 2 aromatic heterocycles. The van der Waals surface area contributed by atoms with Crippen LogP contribution in [0.25, 0.3) is 16.7 Å². The van der Waals surface area contributed by atoms with Gasteiger partial charge in [0.1, 0.15) is 11.1 Å². The van der Waals surface area contributed by atoms with E-state index in [9.17, 15) is 13.6 Å². The van der Waals surface area contributed by atoms with Gasteiger partial charge >= 0.3 is 6.61 Å². The van der Waals surface area contributed by atoms with Crippen molar-refractivity contribution < 1.29 is 13.5 Å². The summed E-state index contributed by atoms with van der Waals surface area (Å²) in [5.41, 5.74) is 1.89. The quantitative estimate of drug-likeness (QED) is 0.370. The summed E-state index contributed by atoms with van der Waals surface area (Å²) in [6.07, 6.45) is 1.49. The zero-order chi connectivity index (χ0) is 20.4. The van der Waals surface area contributed by atoms with Crippen LogP contribution in [0.4, 0.5) is 8.78 Å². The summed E-state index contributed by atoms with van der Waals surface area (Å²) in [7, 11) is 0. The van der Waals surface area contributed by atoms with E-state index >= 15 is 0 Å². The highest BCUT2D eigenvalue weighted by Crippen LogP contribution is 2.33. The van der Waals surface area contributed by atoms with Gasteiger partial charge in [0.05, 0.1) is 11.9 Å². The Morgan fingerprint density at radius 2 is 1.83 bits per heavy atom. The van der Waals surface area contributed by atoms with Gasteiger partial charge in [-0.1, -0.05) is 42.1 Å². The summed E-state index contributed by atoms with van der Waals surface area (Å²) >= 11 is 1.36. The van der Waals surface area contributed by atoms with Crippen LogP contribution in [-0.2, 0) is 0 Å². The zero-order valence-electron chi connectivity index (χ0n) is 15.3. The molecule has 0 radical (unpaired) electrons. The number of hydrogen-bond donors (Lipinski definition) is 1. The number of ether oxygens (including phenoxy) is 1. The minimum Gasteiger partial charge on any atom is -0.435 e. The van der Waals surface area contributed by atoms with Gasteiger partial charge in [-0.25, -0.2) is 9.67 Å². The van der Waals surface area contributed by atoms with Gasteiger partial charge in [0, 0.05) is 5.25 Å². The number of para-hydroxylation sites is 1. The number of alkyl halides is 2. The smallest absolute Gasteiger partial charge is 0.387 e. The standard InChI is InChI=1S/C20H16F2N4O2S/c1-12(13-7-9-15(10-8-13)28-19(21)22)29-20-24-17-16(18(27)25-20)11-23-26(17)14-5-3-2-4-6-14/h2-12,19H,1H3,(H,24,25,27). The number of benzene rings is 2. The van der Waals surface area contributed by atoms with Crippen LogP contribution in [0.2, 0.25) is 0 Å². The Bertz CT molecular complexity index is 1180. The molecular formula is C20H16F2N4O2S. The number of aromatic nitrogens is 4. The van der Waals surface area contributed by atoms with Gasteiger partial charge in [0.2, 0.25) is 0 Å². The molecule has 6 nitrogen and oxygen atoms in total. The lowest BCUT2D eigenvalue weighted by Gasteiger charge is -2.12. The van der Waals surface area contributed by atoms with E-state index in [1.807, 2.05) is 37.3 Å². The van der Waals surface area contributed by atoms with Crippen molar-refractivity contribution in [3.63, 3.8) is 0 Å². The maximum Gasteiger partial charge on any atom is 0.387 e. The topological polar surface area (TPSA) is 72.8 Å². The second-order valence-corrected chi connectivity index (χ2v) is 7.54. The molecule has 0 spiro atoms. The van der Waals surface area contributed by atoms with Crippen LogP contribution in [0.15, 0.2) is 70.7 Å². The Balaban J connectivity index is 1.62. The Kier molecular flexibility index (Phi) is 5.30. The van der Waals surface area contributed by atoms with Gasteiger partial charge in [-0.15, -0.1) is 0 Å². The molecule has 0 amide bonds. The highest BCUT2D eigenvalue weighted by atomic mass is 32.2. The summed E-state index contributed by atoms with van der Waals surface area (Å²) < 4.78 is 30.6. The number of halogens is 2. The van der Waals surface area contributed by atoms with Crippen molar-refractivity contribution in [1.82, 2.24) is 19.7 Å². The minimum absolute atomic E-state index is 0.0794. The van der Waals surface area contributed by atoms with Gasteiger partial charge in [-0.2, -0.15) is 13.9 Å². The third-order valence-corrected chi connectivity index (χ3v) is 5.32. The van der Waals surface area contributed by atoms with Crippen LogP contribution in [0.5, 0.6) is 5.75 Å². The third-order valence-electron chi connectivity index (χ3n) is 4.28. The Labute approximate surface area is 168 Å². The van der Waals surface area contributed by atoms with E-state index in [0.717, 1.165) is 11.3 Å². The number of thioether (sulfide) groups is 1. The molecule has 148 valence electrons.